The van der Waals surface area contributed by atoms with Gasteiger partial charge in [-0.05, 0) is 5.57 Å². The number of thioether (sulfide) groups is 2. The smallest absolute Gasteiger partial charge is 0.352 e. The maximum atomic E-state index is 12.9. The summed E-state index contributed by atoms with van der Waals surface area (Å²) in [6.07, 6.45) is 2.87. The van der Waals surface area contributed by atoms with Crippen LogP contribution in [-0.2, 0) is 14.4 Å². The number of carbonyl (C=O) groups is 3. The summed E-state index contributed by atoms with van der Waals surface area (Å²) in [6.45, 7) is 0. The van der Waals surface area contributed by atoms with Crippen LogP contribution in [0.25, 0.3) is 11.2 Å². The molecule has 0 unspecified atom stereocenters. The maximum absolute atomic E-state index is 12.9. The summed E-state index contributed by atoms with van der Waals surface area (Å²) in [6, 6.07) is -0.990. The number of hydrogen-bond acceptors (Lipinski definition) is 13. The van der Waals surface area contributed by atoms with Gasteiger partial charge in [-0.1, -0.05) is 16.9 Å². The van der Waals surface area contributed by atoms with E-state index in [0.717, 1.165) is 11.3 Å². The molecule has 5 rings (SSSR count). The van der Waals surface area contributed by atoms with Gasteiger partial charge in [0.05, 0.1) is 6.33 Å². The van der Waals surface area contributed by atoms with Gasteiger partial charge in [-0.15, -0.1) is 23.1 Å². The van der Waals surface area contributed by atoms with E-state index in [0.29, 0.717) is 27.5 Å². The molecule has 0 bridgehead atoms. The average Bonchev–Trinajstić information content (AvgIpc) is 3.50. The van der Waals surface area contributed by atoms with Crippen LogP contribution in [0, 0.1) is 0 Å². The second kappa shape index (κ2) is 9.16. The van der Waals surface area contributed by atoms with Gasteiger partial charge in [-0.25, -0.2) is 24.7 Å². The quantitative estimate of drug-likeness (QED) is 0.0683. The number of nitrogens with zero attached hydrogens (tertiary/aromatic N) is 6. The summed E-state index contributed by atoms with van der Waals surface area (Å²) in [5.74, 6) is -2.04. The molecular weight excluding hydrogens is 518 g/mol. The van der Waals surface area contributed by atoms with Gasteiger partial charge in [0.15, 0.2) is 16.5 Å². The molecule has 6 N–H and O–H groups in total. The Balaban J connectivity index is 1.32. The summed E-state index contributed by atoms with van der Waals surface area (Å²) in [5.41, 5.74) is 6.79. The number of carboxylic acid groups (broad SMARTS) is 1. The molecule has 0 aliphatic carbocycles. The van der Waals surface area contributed by atoms with E-state index in [1.807, 2.05) is 0 Å². The Labute approximate surface area is 208 Å². The van der Waals surface area contributed by atoms with Crippen LogP contribution in [0.3, 0.4) is 0 Å². The molecule has 0 saturated carbocycles. The monoisotopic (exact) mass is 533 g/mol. The number of aromatic nitrogens is 5. The number of H-pyrrole nitrogens is 1. The molecule has 0 spiro atoms. The van der Waals surface area contributed by atoms with Gasteiger partial charge in [-0.2, -0.15) is 0 Å². The zero-order valence-electron chi connectivity index (χ0n) is 17.4. The minimum absolute atomic E-state index is 0.0638. The molecule has 2 amide bonds. The van der Waals surface area contributed by atoms with Crippen LogP contribution in [0.15, 0.2) is 39.5 Å². The fourth-order valence-corrected chi connectivity index (χ4v) is 6.61. The molecule has 3 aromatic rings. The van der Waals surface area contributed by atoms with Crippen molar-refractivity contribution in [2.45, 2.75) is 16.4 Å². The van der Waals surface area contributed by atoms with Crippen LogP contribution in [-0.4, -0.2) is 86.6 Å². The molecule has 0 radical (unpaired) electrons. The number of imidazole rings is 1. The predicted octanol–water partition coefficient (Wildman–Crippen LogP) is 0.101. The summed E-state index contributed by atoms with van der Waals surface area (Å²) < 4.78 is 0. The first kappa shape index (κ1) is 23.1. The summed E-state index contributed by atoms with van der Waals surface area (Å²) in [5, 5.41) is 26.2. The van der Waals surface area contributed by atoms with Crippen molar-refractivity contribution in [2.24, 2.45) is 5.16 Å². The molecule has 1 saturated heterocycles. The summed E-state index contributed by atoms with van der Waals surface area (Å²) in [7, 11) is 0. The largest absolute Gasteiger partial charge is 0.477 e. The highest BCUT2D eigenvalue weighted by atomic mass is 32.2. The lowest BCUT2D eigenvalue weighted by molar-refractivity contribution is -0.150. The number of oxime groups is 1. The Hall–Kier alpha value is -3.70. The summed E-state index contributed by atoms with van der Waals surface area (Å²) >= 11 is 3.69. The van der Waals surface area contributed by atoms with E-state index in [1.54, 1.807) is 0 Å². The Kier molecular flexibility index (Phi) is 6.03. The number of thiazole rings is 1. The van der Waals surface area contributed by atoms with Crippen LogP contribution in [0.4, 0.5) is 5.13 Å². The number of fused-ring (bicyclic) bond motifs is 2. The molecule has 2 aliphatic heterocycles. The van der Waals surface area contributed by atoms with Crippen LogP contribution >= 0.6 is 34.9 Å². The topological polar surface area (TPSA) is 213 Å². The number of nitrogens with two attached hydrogens (primary N) is 1. The number of aromatic amines is 1. The zero-order chi connectivity index (χ0) is 24.7. The van der Waals surface area contributed by atoms with Gasteiger partial charge in [0.2, 0.25) is 0 Å². The molecule has 35 heavy (non-hydrogen) atoms. The molecule has 5 heterocycles. The highest BCUT2D eigenvalue weighted by Gasteiger charge is 2.54. The highest BCUT2D eigenvalue weighted by Crippen LogP contribution is 2.41. The number of amides is 2. The van der Waals surface area contributed by atoms with Crippen molar-refractivity contribution < 1.29 is 24.7 Å². The number of anilines is 1. The number of β-lactam (4-membered cyclic amide) rings is 1. The first-order valence-electron chi connectivity index (χ1n) is 9.80. The number of aliphatic carboxylic acids is 1. The second-order valence-electron chi connectivity index (χ2n) is 7.21. The first-order valence-corrected chi connectivity index (χ1v) is 12.7. The van der Waals surface area contributed by atoms with E-state index < -0.39 is 34.9 Å². The third-order valence-electron chi connectivity index (χ3n) is 5.19. The molecule has 0 aromatic carbocycles. The van der Waals surface area contributed by atoms with Crippen molar-refractivity contribution in [3.63, 3.8) is 0 Å². The fraction of sp³-hybridized carbons (Fsp3) is 0.222. The first-order chi connectivity index (χ1) is 16.9. The molecule has 3 aromatic heterocycles. The van der Waals surface area contributed by atoms with Crippen molar-refractivity contribution in [2.75, 3.05) is 17.2 Å². The van der Waals surface area contributed by atoms with Crippen molar-refractivity contribution in [1.82, 2.24) is 35.1 Å². The van der Waals surface area contributed by atoms with E-state index >= 15 is 0 Å². The van der Waals surface area contributed by atoms with Crippen molar-refractivity contribution in [1.29, 1.82) is 0 Å². The van der Waals surface area contributed by atoms with E-state index in [2.05, 4.69) is 35.4 Å². The summed E-state index contributed by atoms with van der Waals surface area (Å²) in [4.78, 5) is 58.0. The molecule has 14 nitrogen and oxygen atoms in total. The van der Waals surface area contributed by atoms with Gasteiger partial charge >= 0.3 is 5.97 Å². The van der Waals surface area contributed by atoms with E-state index in [4.69, 9.17) is 5.73 Å². The Morgan fingerprint density at radius 1 is 1.37 bits per heavy atom. The van der Waals surface area contributed by atoms with Crippen molar-refractivity contribution in [3.8, 4) is 0 Å². The third kappa shape index (κ3) is 4.06. The number of nitrogen functional groups attached to an aromatic ring is 1. The maximum Gasteiger partial charge on any atom is 0.352 e. The molecule has 2 atom stereocenters. The molecule has 1 fully saturated rings. The fourth-order valence-electron chi connectivity index (χ4n) is 3.62. The second-order valence-corrected chi connectivity index (χ2v) is 10.2. The molecule has 180 valence electrons. The lowest BCUT2D eigenvalue weighted by atomic mass is 10.0. The number of carbonyl (C=O) groups excluding carboxylic acids is 2. The number of carboxylic acids is 1. The normalized spacial score (nSPS) is 20.1. The number of hydrogen-bond donors (Lipinski definition) is 5. The number of nitrogens with one attached hydrogen (secondary N) is 2. The van der Waals surface area contributed by atoms with Crippen LogP contribution in [0.5, 0.6) is 0 Å². The number of rotatable bonds is 7. The zero-order valence-corrected chi connectivity index (χ0v) is 19.9. The van der Waals surface area contributed by atoms with Gasteiger partial charge in [0.25, 0.3) is 11.8 Å². The van der Waals surface area contributed by atoms with Crippen LogP contribution in [0.1, 0.15) is 5.69 Å². The lowest BCUT2D eigenvalue weighted by Gasteiger charge is -2.49. The standard InChI is InChI=1S/C18H15N9O5S3/c19-18-24-7(3-35-18)8(26-32)13(28)25-10-15(29)27-11(17(30)31)6(2-34-16(10)27)1-33-14-9-12(21-4-20-9)22-5-23-14/h3-5,10,16,32H,1-2H2,(H2,19,24)(H,25,28)(H,30,31)(H,20,21,22,23)/t10-,16+/m1/s1. The molecular formula is C18H15N9O5S3. The highest BCUT2D eigenvalue weighted by molar-refractivity contribution is 8.01. The van der Waals surface area contributed by atoms with Gasteiger partial charge in [0.1, 0.15) is 39.7 Å². The van der Waals surface area contributed by atoms with Crippen LogP contribution < -0.4 is 11.1 Å². The average molecular weight is 534 g/mol. The van der Waals surface area contributed by atoms with Crippen molar-refractivity contribution >= 4 is 74.7 Å². The minimum Gasteiger partial charge on any atom is -0.477 e. The van der Waals surface area contributed by atoms with Gasteiger partial charge < -0.3 is 26.3 Å². The predicted molar refractivity (Wildman–Crippen MR) is 127 cm³/mol. The van der Waals surface area contributed by atoms with E-state index in [9.17, 15) is 24.7 Å². The SMILES string of the molecule is Nc1nc(C(=NO)C(=O)N[C@@H]2C(=O)N3C(C(=O)O)=C(CSc4ncnc5nc[nH]c45)CS[C@@H]23)cs1. The Morgan fingerprint density at radius 3 is 2.91 bits per heavy atom. The van der Waals surface area contributed by atoms with Gasteiger partial charge in [-0.3, -0.25) is 14.5 Å². The lowest BCUT2D eigenvalue weighted by Crippen LogP contribution is -2.71. The van der Waals surface area contributed by atoms with E-state index in [1.165, 1.54) is 46.5 Å². The van der Waals surface area contributed by atoms with E-state index in [-0.39, 0.29) is 22.3 Å². The van der Waals surface area contributed by atoms with Crippen LogP contribution in [0.2, 0.25) is 0 Å². The Bertz CT molecular complexity index is 1420. The minimum atomic E-state index is -1.24. The molecule has 17 heteroatoms. The Morgan fingerprint density at radius 2 is 2.20 bits per heavy atom. The third-order valence-corrected chi connectivity index (χ3v) is 8.28. The molecule has 2 aliphatic rings. The van der Waals surface area contributed by atoms with Crippen molar-refractivity contribution in [3.05, 3.63) is 35.0 Å². The van der Waals surface area contributed by atoms with Gasteiger partial charge in [0, 0.05) is 16.9 Å².